The lowest BCUT2D eigenvalue weighted by molar-refractivity contribution is -0.131. The van der Waals surface area contributed by atoms with Crippen LogP contribution in [0.2, 0.25) is 0 Å². The number of rotatable bonds is 6. The molecule has 0 fully saturated rings. The number of hydrogen-bond donors (Lipinski definition) is 0. The number of ether oxygens (including phenoxy) is 3. The maximum absolute atomic E-state index is 13.9. The van der Waals surface area contributed by atoms with Crippen molar-refractivity contribution in [2.75, 3.05) is 50.9 Å². The molecule has 0 atom stereocenters. The van der Waals surface area contributed by atoms with Gasteiger partial charge >= 0.3 is 0 Å². The monoisotopic (exact) mass is 585 g/mol. The van der Waals surface area contributed by atoms with Gasteiger partial charge in [0.15, 0.2) is 18.1 Å². The summed E-state index contributed by atoms with van der Waals surface area (Å²) in [6, 6.07) is 21.6. The van der Waals surface area contributed by atoms with Crippen LogP contribution in [0.1, 0.15) is 43.4 Å². The minimum absolute atomic E-state index is 0.0372. The van der Waals surface area contributed by atoms with Gasteiger partial charge < -0.3 is 24.0 Å². The minimum Gasteiger partial charge on any atom is -0.490 e. The predicted octanol–water partition coefficient (Wildman–Crippen LogP) is 5.25. The van der Waals surface area contributed by atoms with Gasteiger partial charge in [-0.3, -0.25) is 14.5 Å². The molecule has 3 aromatic carbocycles. The Morgan fingerprint density at radius 1 is 0.837 bits per heavy atom. The topological polar surface area (TPSA) is 71.6 Å². The Morgan fingerprint density at radius 2 is 1.63 bits per heavy atom. The Labute approximate surface area is 255 Å². The third-order valence-corrected chi connectivity index (χ3v) is 8.09. The fourth-order valence-corrected chi connectivity index (χ4v) is 5.75. The molecule has 228 valence electrons. The number of benzene rings is 3. The molecule has 3 aromatic rings. The van der Waals surface area contributed by atoms with Gasteiger partial charge in [0.2, 0.25) is 5.91 Å². The van der Waals surface area contributed by atoms with Gasteiger partial charge in [-0.1, -0.05) is 42.5 Å². The van der Waals surface area contributed by atoms with E-state index in [9.17, 15) is 9.59 Å². The van der Waals surface area contributed by atoms with E-state index in [4.69, 9.17) is 14.2 Å². The Hall–Kier alpha value is -4.04. The van der Waals surface area contributed by atoms with Gasteiger partial charge in [-0.25, -0.2) is 0 Å². The molecule has 2 aliphatic rings. The van der Waals surface area contributed by atoms with Crippen LogP contribution in [0, 0.1) is 6.92 Å². The highest BCUT2D eigenvalue weighted by Gasteiger charge is 2.26. The number of anilines is 1. The summed E-state index contributed by atoms with van der Waals surface area (Å²) in [4.78, 5) is 33.9. The van der Waals surface area contributed by atoms with Crippen molar-refractivity contribution in [1.29, 1.82) is 0 Å². The molecule has 0 bridgehead atoms. The van der Waals surface area contributed by atoms with E-state index in [-0.39, 0.29) is 24.8 Å². The highest BCUT2D eigenvalue weighted by Crippen LogP contribution is 2.32. The van der Waals surface area contributed by atoms with Gasteiger partial charge in [0, 0.05) is 45.2 Å². The van der Waals surface area contributed by atoms with Crippen LogP contribution in [0.25, 0.3) is 0 Å². The fourth-order valence-electron chi connectivity index (χ4n) is 5.75. The first-order valence-electron chi connectivity index (χ1n) is 15.4. The van der Waals surface area contributed by atoms with Crippen LogP contribution in [0.5, 0.6) is 17.2 Å². The van der Waals surface area contributed by atoms with Gasteiger partial charge in [0.25, 0.3) is 5.91 Å². The molecule has 2 amide bonds. The molecule has 0 N–H and O–H groups in total. The van der Waals surface area contributed by atoms with Crippen molar-refractivity contribution in [3.8, 4) is 17.2 Å². The quantitative estimate of drug-likeness (QED) is 0.394. The van der Waals surface area contributed by atoms with Crippen molar-refractivity contribution in [1.82, 2.24) is 9.80 Å². The standard InChI is InChI=1S/C35H43N3O5/c1-26(2)36-16-8-17-38(34(40)25-43-30-12-5-4-6-13-30)35-27(3)10-7-11-29(35)24-37(19-18-36)33(39)23-28-14-15-31-32(22-28)42-21-9-20-41-31/h4-7,10-15,22,26H,8-9,16-21,23-25H2,1-3H3. The van der Waals surface area contributed by atoms with Crippen LogP contribution in [-0.4, -0.2) is 73.7 Å². The number of fused-ring (bicyclic) bond motifs is 2. The van der Waals surface area contributed by atoms with Crippen LogP contribution >= 0.6 is 0 Å². The highest BCUT2D eigenvalue weighted by molar-refractivity contribution is 5.96. The van der Waals surface area contributed by atoms with E-state index in [0.29, 0.717) is 50.4 Å². The summed E-state index contributed by atoms with van der Waals surface area (Å²) in [5.41, 5.74) is 3.72. The number of amides is 2. The first kappa shape index (κ1) is 30.4. The van der Waals surface area contributed by atoms with Crippen molar-refractivity contribution in [2.24, 2.45) is 0 Å². The molecular weight excluding hydrogens is 542 g/mol. The van der Waals surface area contributed by atoms with Crippen LogP contribution in [0.15, 0.2) is 66.7 Å². The number of para-hydroxylation sites is 2. The maximum Gasteiger partial charge on any atom is 0.264 e. The largest absolute Gasteiger partial charge is 0.490 e. The second-order valence-corrected chi connectivity index (χ2v) is 11.5. The van der Waals surface area contributed by atoms with Crippen molar-refractivity contribution in [3.05, 3.63) is 83.4 Å². The Bertz CT molecular complexity index is 1390. The van der Waals surface area contributed by atoms with E-state index < -0.39 is 0 Å². The SMILES string of the molecule is Cc1cccc2c1N(C(=O)COc1ccccc1)CCCN(C(C)C)CCN(C(=O)Cc1ccc3c(c1)OCCCO3)C2. The normalized spacial score (nSPS) is 16.2. The molecule has 2 aliphatic heterocycles. The van der Waals surface area contributed by atoms with Gasteiger partial charge in [-0.2, -0.15) is 0 Å². The first-order valence-corrected chi connectivity index (χ1v) is 15.4. The minimum atomic E-state index is -0.0974. The van der Waals surface area contributed by atoms with Crippen LogP contribution in [-0.2, 0) is 22.6 Å². The zero-order valence-corrected chi connectivity index (χ0v) is 25.6. The molecule has 8 heteroatoms. The molecule has 5 rings (SSSR count). The molecule has 0 saturated heterocycles. The second kappa shape index (κ2) is 14.4. The molecule has 0 aliphatic carbocycles. The number of hydrogen-bond acceptors (Lipinski definition) is 6. The van der Waals surface area contributed by atoms with Crippen molar-refractivity contribution in [3.63, 3.8) is 0 Å². The zero-order chi connectivity index (χ0) is 30.2. The molecule has 0 unspecified atom stereocenters. The lowest BCUT2D eigenvalue weighted by atomic mass is 10.0. The van der Waals surface area contributed by atoms with Crippen molar-refractivity contribution >= 4 is 17.5 Å². The summed E-state index contributed by atoms with van der Waals surface area (Å²) in [5.74, 6) is 2.02. The lowest BCUT2D eigenvalue weighted by Crippen LogP contribution is -2.42. The van der Waals surface area contributed by atoms with Gasteiger partial charge in [-0.15, -0.1) is 0 Å². The average Bonchev–Trinajstić information content (AvgIpc) is 3.26. The average molecular weight is 586 g/mol. The van der Waals surface area contributed by atoms with E-state index >= 15 is 0 Å². The van der Waals surface area contributed by atoms with Crippen LogP contribution in [0.3, 0.4) is 0 Å². The summed E-state index contributed by atoms with van der Waals surface area (Å²) in [6.07, 6.45) is 1.90. The van der Waals surface area contributed by atoms with E-state index in [1.807, 2.05) is 83.5 Å². The number of carbonyl (C=O) groups is 2. The zero-order valence-electron chi connectivity index (χ0n) is 25.6. The molecule has 0 spiro atoms. The van der Waals surface area contributed by atoms with Crippen molar-refractivity contribution < 1.29 is 23.8 Å². The van der Waals surface area contributed by atoms with Gasteiger partial charge in [0.1, 0.15) is 5.75 Å². The fraction of sp³-hybridized carbons (Fsp3) is 0.429. The number of carbonyl (C=O) groups excluding carboxylic acids is 2. The highest BCUT2D eigenvalue weighted by atomic mass is 16.5. The summed E-state index contributed by atoms with van der Waals surface area (Å²) >= 11 is 0. The first-order chi connectivity index (χ1) is 20.9. The third kappa shape index (κ3) is 7.87. The smallest absolute Gasteiger partial charge is 0.264 e. The third-order valence-electron chi connectivity index (χ3n) is 8.09. The maximum atomic E-state index is 13.9. The Morgan fingerprint density at radius 3 is 2.42 bits per heavy atom. The summed E-state index contributed by atoms with van der Waals surface area (Å²) in [6.45, 7) is 10.7. The van der Waals surface area contributed by atoms with E-state index in [2.05, 4.69) is 18.7 Å². The molecular formula is C35H43N3O5. The van der Waals surface area contributed by atoms with Crippen LogP contribution in [0.4, 0.5) is 5.69 Å². The molecule has 0 saturated carbocycles. The summed E-state index contributed by atoms with van der Waals surface area (Å²) in [5, 5.41) is 0. The Kier molecular flexibility index (Phi) is 10.2. The second-order valence-electron chi connectivity index (χ2n) is 11.5. The molecule has 0 radical (unpaired) electrons. The molecule has 2 heterocycles. The summed E-state index contributed by atoms with van der Waals surface area (Å²) < 4.78 is 17.5. The molecule has 43 heavy (non-hydrogen) atoms. The molecule has 8 nitrogen and oxygen atoms in total. The lowest BCUT2D eigenvalue weighted by Gasteiger charge is -2.30. The van der Waals surface area contributed by atoms with Crippen LogP contribution < -0.4 is 19.1 Å². The summed E-state index contributed by atoms with van der Waals surface area (Å²) in [7, 11) is 0. The molecule has 0 aromatic heterocycles. The van der Waals surface area contributed by atoms with E-state index in [0.717, 1.165) is 54.1 Å². The van der Waals surface area contributed by atoms with Gasteiger partial charge in [-0.05, 0) is 68.1 Å². The van der Waals surface area contributed by atoms with Crippen molar-refractivity contribution in [2.45, 2.75) is 52.6 Å². The van der Waals surface area contributed by atoms with Gasteiger partial charge in [0.05, 0.1) is 25.3 Å². The van der Waals surface area contributed by atoms with E-state index in [1.165, 1.54) is 0 Å². The number of aryl methyl sites for hydroxylation is 1. The number of nitrogens with zero attached hydrogens (tertiary/aromatic N) is 3. The Balaban J connectivity index is 1.41. The van der Waals surface area contributed by atoms with E-state index in [1.54, 1.807) is 0 Å². The predicted molar refractivity (Wildman–Crippen MR) is 168 cm³/mol.